The molecule has 126 valence electrons. The van der Waals surface area contributed by atoms with E-state index in [-0.39, 0.29) is 0 Å². The summed E-state index contributed by atoms with van der Waals surface area (Å²) in [6.45, 7) is 3.00. The highest BCUT2D eigenvalue weighted by atomic mass is 16.5. The molecule has 1 aliphatic heterocycles. The molecule has 0 spiro atoms. The van der Waals surface area contributed by atoms with Crippen LogP contribution in [0.4, 0.5) is 0 Å². The highest BCUT2D eigenvalue weighted by Gasteiger charge is 2.37. The Morgan fingerprint density at radius 2 is 2.08 bits per heavy atom. The molecule has 1 aliphatic carbocycles. The van der Waals surface area contributed by atoms with Crippen molar-refractivity contribution in [2.45, 2.75) is 25.3 Å². The Kier molecular flexibility index (Phi) is 4.39. The Hall–Kier alpha value is -2.07. The number of hydrogen-bond donors (Lipinski definition) is 0. The second-order valence-electron chi connectivity index (χ2n) is 6.82. The lowest BCUT2D eigenvalue weighted by molar-refractivity contribution is 0.172. The van der Waals surface area contributed by atoms with Crippen LogP contribution >= 0.6 is 0 Å². The number of benzene rings is 1. The lowest BCUT2D eigenvalue weighted by Crippen LogP contribution is -2.35. The van der Waals surface area contributed by atoms with Gasteiger partial charge in [0, 0.05) is 43.2 Å². The number of piperidine rings is 1. The van der Waals surface area contributed by atoms with Crippen LogP contribution in [0.1, 0.15) is 19.3 Å². The van der Waals surface area contributed by atoms with E-state index in [1.807, 2.05) is 30.5 Å². The van der Waals surface area contributed by atoms with Crippen molar-refractivity contribution in [3.63, 3.8) is 0 Å². The molecule has 4 nitrogen and oxygen atoms in total. The third-order valence-corrected chi connectivity index (χ3v) is 5.28. The van der Waals surface area contributed by atoms with Crippen molar-refractivity contribution in [3.8, 4) is 22.6 Å². The number of hydrogen-bond acceptors (Lipinski definition) is 4. The first-order valence-electron chi connectivity index (χ1n) is 8.78. The summed E-state index contributed by atoms with van der Waals surface area (Å²) in [4.78, 5) is 6.79. The standard InChI is InChI=1S/C20H24N2O2/c1-23-19-10-17(16-3-2-6-21-13-16)11-20(12-19)24-8-7-22-14-15-4-5-18(22)9-15/h2-3,6,10-13,15,18H,4-5,7-9,14H2,1H3/t15-,18+/m0/s1. The fourth-order valence-corrected chi connectivity index (χ4v) is 4.05. The van der Waals surface area contributed by atoms with Crippen molar-refractivity contribution in [3.05, 3.63) is 42.7 Å². The highest BCUT2D eigenvalue weighted by molar-refractivity contribution is 5.66. The van der Waals surface area contributed by atoms with Crippen molar-refractivity contribution in [2.75, 3.05) is 26.8 Å². The summed E-state index contributed by atoms with van der Waals surface area (Å²) in [7, 11) is 1.69. The van der Waals surface area contributed by atoms with Gasteiger partial charge in [0.2, 0.25) is 0 Å². The largest absolute Gasteiger partial charge is 0.497 e. The molecule has 0 radical (unpaired) electrons. The number of nitrogens with zero attached hydrogens (tertiary/aromatic N) is 2. The van der Waals surface area contributed by atoms with Gasteiger partial charge in [0.1, 0.15) is 18.1 Å². The molecule has 4 rings (SSSR count). The summed E-state index contributed by atoms with van der Waals surface area (Å²) in [5.41, 5.74) is 2.13. The van der Waals surface area contributed by atoms with E-state index in [2.05, 4.69) is 16.0 Å². The number of rotatable bonds is 6. The zero-order valence-electron chi connectivity index (χ0n) is 14.1. The highest BCUT2D eigenvalue weighted by Crippen LogP contribution is 2.37. The van der Waals surface area contributed by atoms with Crippen molar-refractivity contribution in [1.82, 2.24) is 9.88 Å². The van der Waals surface area contributed by atoms with Crippen LogP contribution in [-0.4, -0.2) is 42.7 Å². The van der Waals surface area contributed by atoms with Crippen LogP contribution in [0.25, 0.3) is 11.1 Å². The van der Waals surface area contributed by atoms with Crippen LogP contribution in [0.5, 0.6) is 11.5 Å². The molecule has 1 aromatic heterocycles. The van der Waals surface area contributed by atoms with E-state index in [9.17, 15) is 0 Å². The molecule has 1 saturated carbocycles. The summed E-state index contributed by atoms with van der Waals surface area (Å²) in [5, 5.41) is 0. The van der Waals surface area contributed by atoms with Gasteiger partial charge in [-0.1, -0.05) is 6.07 Å². The van der Waals surface area contributed by atoms with Gasteiger partial charge in [0.05, 0.1) is 7.11 Å². The van der Waals surface area contributed by atoms with Gasteiger partial charge < -0.3 is 9.47 Å². The summed E-state index contributed by atoms with van der Waals surface area (Å²) in [6.07, 6.45) is 7.83. The molecule has 2 aromatic rings. The van der Waals surface area contributed by atoms with E-state index >= 15 is 0 Å². The zero-order valence-corrected chi connectivity index (χ0v) is 14.1. The van der Waals surface area contributed by atoms with Crippen LogP contribution in [-0.2, 0) is 0 Å². The fraction of sp³-hybridized carbons (Fsp3) is 0.450. The molecule has 0 amide bonds. The summed E-state index contributed by atoms with van der Waals surface area (Å²) < 4.78 is 11.5. The minimum atomic E-state index is 0.725. The van der Waals surface area contributed by atoms with Gasteiger partial charge in [-0.3, -0.25) is 9.88 Å². The second-order valence-corrected chi connectivity index (χ2v) is 6.82. The average Bonchev–Trinajstić information content (AvgIpc) is 3.25. The third-order valence-electron chi connectivity index (χ3n) is 5.28. The Labute approximate surface area is 143 Å². The molecule has 4 heteroatoms. The maximum atomic E-state index is 6.04. The van der Waals surface area contributed by atoms with Gasteiger partial charge in [0.25, 0.3) is 0 Å². The maximum absolute atomic E-state index is 6.04. The first kappa shape index (κ1) is 15.5. The van der Waals surface area contributed by atoms with Crippen LogP contribution in [0, 0.1) is 5.92 Å². The van der Waals surface area contributed by atoms with Gasteiger partial charge in [-0.2, -0.15) is 0 Å². The van der Waals surface area contributed by atoms with Gasteiger partial charge in [-0.05, 0) is 48.9 Å². The van der Waals surface area contributed by atoms with E-state index in [1.165, 1.54) is 25.8 Å². The van der Waals surface area contributed by atoms with Crippen molar-refractivity contribution in [2.24, 2.45) is 5.92 Å². The first-order chi connectivity index (χ1) is 11.8. The lowest BCUT2D eigenvalue weighted by atomic mass is 10.1. The Bertz CT molecular complexity index is 689. The van der Waals surface area contributed by atoms with E-state index in [1.54, 1.807) is 13.3 Å². The topological polar surface area (TPSA) is 34.6 Å². The zero-order chi connectivity index (χ0) is 16.4. The monoisotopic (exact) mass is 324 g/mol. The average molecular weight is 324 g/mol. The van der Waals surface area contributed by atoms with Gasteiger partial charge in [-0.25, -0.2) is 0 Å². The van der Waals surface area contributed by atoms with Gasteiger partial charge in [-0.15, -0.1) is 0 Å². The Balaban J connectivity index is 1.42. The van der Waals surface area contributed by atoms with Gasteiger partial charge >= 0.3 is 0 Å². The molecular weight excluding hydrogens is 300 g/mol. The van der Waals surface area contributed by atoms with Crippen molar-refractivity contribution in [1.29, 1.82) is 0 Å². The van der Waals surface area contributed by atoms with Crippen LogP contribution in [0.3, 0.4) is 0 Å². The maximum Gasteiger partial charge on any atom is 0.123 e. The van der Waals surface area contributed by atoms with Crippen LogP contribution in [0.2, 0.25) is 0 Å². The van der Waals surface area contributed by atoms with Crippen LogP contribution < -0.4 is 9.47 Å². The quantitative estimate of drug-likeness (QED) is 0.813. The SMILES string of the molecule is COc1cc(OCCN2C[C@H]3CC[C@@H]2C3)cc(-c2cccnc2)c1. The Morgan fingerprint density at radius 1 is 1.17 bits per heavy atom. The molecular formula is C20H24N2O2. The van der Waals surface area contributed by atoms with Crippen molar-refractivity contribution < 1.29 is 9.47 Å². The summed E-state index contributed by atoms with van der Waals surface area (Å²) >= 11 is 0. The smallest absolute Gasteiger partial charge is 0.123 e. The van der Waals surface area contributed by atoms with Crippen molar-refractivity contribution >= 4 is 0 Å². The lowest BCUT2D eigenvalue weighted by Gasteiger charge is -2.26. The molecule has 24 heavy (non-hydrogen) atoms. The minimum Gasteiger partial charge on any atom is -0.497 e. The number of aromatic nitrogens is 1. The predicted molar refractivity (Wildman–Crippen MR) is 94.4 cm³/mol. The number of methoxy groups -OCH3 is 1. The van der Waals surface area contributed by atoms with E-state index < -0.39 is 0 Å². The normalized spacial score (nSPS) is 22.7. The Morgan fingerprint density at radius 3 is 2.79 bits per heavy atom. The molecule has 2 atom stereocenters. The van der Waals surface area contributed by atoms with E-state index in [0.717, 1.165) is 47.7 Å². The molecule has 1 saturated heterocycles. The number of ether oxygens (including phenoxy) is 2. The predicted octanol–water partition coefficient (Wildman–Crippen LogP) is 3.62. The third kappa shape index (κ3) is 3.24. The van der Waals surface area contributed by atoms with E-state index in [4.69, 9.17) is 9.47 Å². The first-order valence-corrected chi connectivity index (χ1v) is 8.78. The van der Waals surface area contributed by atoms with E-state index in [0.29, 0.717) is 0 Å². The molecule has 0 unspecified atom stereocenters. The second kappa shape index (κ2) is 6.81. The number of pyridine rings is 1. The van der Waals surface area contributed by atoms with Crippen LogP contribution in [0.15, 0.2) is 42.7 Å². The molecule has 2 bridgehead atoms. The number of fused-ring (bicyclic) bond motifs is 2. The summed E-state index contributed by atoms with van der Waals surface area (Å²) in [5.74, 6) is 2.60. The molecule has 2 aliphatic rings. The molecule has 2 heterocycles. The molecule has 2 fully saturated rings. The number of likely N-dealkylation sites (tertiary alicyclic amines) is 1. The molecule has 0 N–H and O–H groups in total. The molecule has 1 aromatic carbocycles. The van der Waals surface area contributed by atoms with Gasteiger partial charge in [0.15, 0.2) is 0 Å². The fourth-order valence-electron chi connectivity index (χ4n) is 4.05. The minimum absolute atomic E-state index is 0.725. The summed E-state index contributed by atoms with van der Waals surface area (Å²) in [6, 6.07) is 10.8.